The fourth-order valence-electron chi connectivity index (χ4n) is 2.12. The van der Waals surface area contributed by atoms with Gasteiger partial charge in [-0.2, -0.15) is 5.10 Å². The Hall–Kier alpha value is -2.64. The molecule has 136 valence electrons. The summed E-state index contributed by atoms with van der Waals surface area (Å²) >= 11 is 0. The molecule has 0 aromatic carbocycles. The molecule has 25 heavy (non-hydrogen) atoms. The number of esters is 1. The van der Waals surface area contributed by atoms with Crippen molar-refractivity contribution in [3.63, 3.8) is 0 Å². The molecule has 0 bridgehead atoms. The second kappa shape index (κ2) is 7.08. The van der Waals surface area contributed by atoms with Gasteiger partial charge in [-0.1, -0.05) is 6.92 Å². The van der Waals surface area contributed by atoms with E-state index in [2.05, 4.69) is 15.4 Å². The molecule has 0 fully saturated rings. The third-order valence-electron chi connectivity index (χ3n) is 3.49. The van der Waals surface area contributed by atoms with Gasteiger partial charge >= 0.3 is 12.1 Å². The number of rotatable bonds is 4. The maximum absolute atomic E-state index is 12.5. The molecule has 0 radical (unpaired) electrons. The van der Waals surface area contributed by atoms with Crippen molar-refractivity contribution >= 4 is 28.8 Å². The van der Waals surface area contributed by atoms with E-state index >= 15 is 0 Å². The zero-order chi connectivity index (χ0) is 18.8. The first-order valence-electron chi connectivity index (χ1n) is 8.14. The molecule has 2 aromatic rings. The van der Waals surface area contributed by atoms with Crippen LogP contribution in [-0.2, 0) is 16.5 Å². The van der Waals surface area contributed by atoms with Crippen molar-refractivity contribution < 1.29 is 19.1 Å². The predicted octanol–water partition coefficient (Wildman–Crippen LogP) is 3.27. The summed E-state index contributed by atoms with van der Waals surface area (Å²) < 4.78 is 12.2. The van der Waals surface area contributed by atoms with Crippen LogP contribution in [0.1, 0.15) is 51.4 Å². The highest BCUT2D eigenvalue weighted by molar-refractivity contribution is 6.08. The van der Waals surface area contributed by atoms with Gasteiger partial charge in [-0.15, -0.1) is 0 Å². The van der Waals surface area contributed by atoms with E-state index in [-0.39, 0.29) is 17.4 Å². The molecule has 0 aliphatic heterocycles. The lowest BCUT2D eigenvalue weighted by molar-refractivity contribution is 0.0335. The number of hydrogen-bond acceptors (Lipinski definition) is 6. The molecule has 0 spiro atoms. The number of aryl methyl sites for hydroxylation is 1. The highest BCUT2D eigenvalue weighted by atomic mass is 16.6. The monoisotopic (exact) mass is 348 g/mol. The van der Waals surface area contributed by atoms with Crippen LogP contribution in [0.5, 0.6) is 0 Å². The van der Waals surface area contributed by atoms with Crippen molar-refractivity contribution in [3.8, 4) is 0 Å². The van der Waals surface area contributed by atoms with Gasteiger partial charge in [-0.05, 0) is 34.1 Å². The van der Waals surface area contributed by atoms with Crippen molar-refractivity contribution in [2.75, 3.05) is 5.32 Å². The standard InChI is InChI=1S/C17H24N4O4/c1-7-10(2)24-15(22)12-8-18-14-11(9-19-21(14)6)13(12)20-16(23)25-17(3,4)5/h8-10H,7H2,1-6H3,(H,18,20,23). The summed E-state index contributed by atoms with van der Waals surface area (Å²) in [5.41, 5.74) is 0.307. The minimum Gasteiger partial charge on any atom is -0.459 e. The fraction of sp³-hybridized carbons (Fsp3) is 0.529. The molecule has 0 saturated heterocycles. The van der Waals surface area contributed by atoms with Crippen LogP contribution in [0.3, 0.4) is 0 Å². The lowest BCUT2D eigenvalue weighted by atomic mass is 10.1. The number of carbonyl (C=O) groups is 2. The van der Waals surface area contributed by atoms with Crippen molar-refractivity contribution in [3.05, 3.63) is 18.0 Å². The molecule has 2 heterocycles. The van der Waals surface area contributed by atoms with E-state index in [1.54, 1.807) is 39.4 Å². The van der Waals surface area contributed by atoms with E-state index in [1.807, 2.05) is 6.92 Å². The molecular formula is C17H24N4O4. The summed E-state index contributed by atoms with van der Waals surface area (Å²) in [5, 5.41) is 7.30. The van der Waals surface area contributed by atoms with Gasteiger partial charge in [0.05, 0.1) is 23.4 Å². The molecule has 1 unspecified atom stereocenters. The van der Waals surface area contributed by atoms with E-state index in [1.165, 1.54) is 12.4 Å². The summed E-state index contributed by atoms with van der Waals surface area (Å²) in [4.78, 5) is 28.9. The van der Waals surface area contributed by atoms with Crippen LogP contribution in [0, 0.1) is 0 Å². The first kappa shape index (κ1) is 18.7. The Balaban J connectivity index is 2.44. The van der Waals surface area contributed by atoms with Gasteiger partial charge < -0.3 is 9.47 Å². The molecule has 0 aliphatic rings. The van der Waals surface area contributed by atoms with Crippen LogP contribution in [0.2, 0.25) is 0 Å². The van der Waals surface area contributed by atoms with Gasteiger partial charge in [0.15, 0.2) is 5.65 Å². The second-order valence-electron chi connectivity index (χ2n) is 6.80. The molecule has 0 saturated carbocycles. The lowest BCUT2D eigenvalue weighted by Crippen LogP contribution is -2.28. The third kappa shape index (κ3) is 4.46. The first-order chi connectivity index (χ1) is 11.6. The van der Waals surface area contributed by atoms with Crippen LogP contribution < -0.4 is 5.32 Å². The maximum Gasteiger partial charge on any atom is 0.412 e. The van der Waals surface area contributed by atoms with E-state index in [4.69, 9.17) is 9.47 Å². The molecule has 2 aromatic heterocycles. The van der Waals surface area contributed by atoms with Gasteiger partial charge in [-0.3, -0.25) is 10.00 Å². The summed E-state index contributed by atoms with van der Waals surface area (Å²) in [5.74, 6) is -0.557. The molecule has 8 nitrogen and oxygen atoms in total. The van der Waals surface area contributed by atoms with Gasteiger partial charge in [0.1, 0.15) is 11.2 Å². The van der Waals surface area contributed by atoms with Crippen LogP contribution in [0.25, 0.3) is 11.0 Å². The summed E-state index contributed by atoms with van der Waals surface area (Å²) in [6, 6.07) is 0. The molecule has 0 aliphatic carbocycles. The fourth-order valence-corrected chi connectivity index (χ4v) is 2.12. The van der Waals surface area contributed by atoms with Gasteiger partial charge in [0.2, 0.25) is 0 Å². The molecule has 2 rings (SSSR count). The zero-order valence-corrected chi connectivity index (χ0v) is 15.4. The second-order valence-corrected chi connectivity index (χ2v) is 6.80. The summed E-state index contributed by atoms with van der Waals surface area (Å²) in [6.45, 7) is 9.00. The highest BCUT2D eigenvalue weighted by Crippen LogP contribution is 2.27. The van der Waals surface area contributed by atoms with Gasteiger partial charge in [-0.25, -0.2) is 14.6 Å². The van der Waals surface area contributed by atoms with Gasteiger partial charge in [0.25, 0.3) is 0 Å². The normalized spacial score (nSPS) is 12.7. The molecule has 1 atom stereocenters. The average Bonchev–Trinajstić information content (AvgIpc) is 2.87. The van der Waals surface area contributed by atoms with Crippen LogP contribution >= 0.6 is 0 Å². The number of carbonyl (C=O) groups excluding carboxylic acids is 2. The van der Waals surface area contributed by atoms with Crippen molar-refractivity contribution in [1.82, 2.24) is 14.8 Å². The third-order valence-corrected chi connectivity index (χ3v) is 3.49. The number of anilines is 1. The number of hydrogen-bond donors (Lipinski definition) is 1. The number of nitrogens with one attached hydrogen (secondary N) is 1. The van der Waals surface area contributed by atoms with Crippen LogP contribution in [-0.4, -0.2) is 38.5 Å². The number of nitrogens with zero attached hydrogens (tertiary/aromatic N) is 3. The van der Waals surface area contributed by atoms with E-state index < -0.39 is 17.7 Å². The van der Waals surface area contributed by atoms with E-state index in [0.29, 0.717) is 17.5 Å². The molecule has 1 N–H and O–H groups in total. The number of fused-ring (bicyclic) bond motifs is 1. The number of pyridine rings is 1. The average molecular weight is 348 g/mol. The highest BCUT2D eigenvalue weighted by Gasteiger charge is 2.24. The number of ether oxygens (including phenoxy) is 2. The first-order valence-corrected chi connectivity index (χ1v) is 8.14. The minimum atomic E-state index is -0.665. The predicted molar refractivity (Wildman–Crippen MR) is 93.5 cm³/mol. The lowest BCUT2D eigenvalue weighted by Gasteiger charge is -2.20. The van der Waals surface area contributed by atoms with Gasteiger partial charge in [0, 0.05) is 13.2 Å². The Morgan fingerprint density at radius 3 is 2.60 bits per heavy atom. The molecule has 8 heteroatoms. The SMILES string of the molecule is CCC(C)OC(=O)c1cnc2c(cnn2C)c1NC(=O)OC(C)(C)C. The Bertz CT molecular complexity index is 792. The van der Waals surface area contributed by atoms with Crippen molar-refractivity contribution in [1.29, 1.82) is 0 Å². The Morgan fingerprint density at radius 1 is 1.32 bits per heavy atom. The smallest absolute Gasteiger partial charge is 0.412 e. The Labute approximate surface area is 146 Å². The number of aromatic nitrogens is 3. The van der Waals surface area contributed by atoms with Crippen LogP contribution in [0.4, 0.5) is 10.5 Å². The zero-order valence-electron chi connectivity index (χ0n) is 15.4. The maximum atomic E-state index is 12.5. The molecule has 1 amide bonds. The summed E-state index contributed by atoms with van der Waals surface area (Å²) in [7, 11) is 1.73. The van der Waals surface area contributed by atoms with E-state index in [9.17, 15) is 9.59 Å². The minimum absolute atomic E-state index is 0.159. The number of amides is 1. The topological polar surface area (TPSA) is 95.3 Å². The van der Waals surface area contributed by atoms with E-state index in [0.717, 1.165) is 0 Å². The van der Waals surface area contributed by atoms with Crippen LogP contribution in [0.15, 0.2) is 12.4 Å². The largest absolute Gasteiger partial charge is 0.459 e. The van der Waals surface area contributed by atoms with Crippen molar-refractivity contribution in [2.24, 2.45) is 7.05 Å². The summed E-state index contributed by atoms with van der Waals surface area (Å²) in [6.07, 6.45) is 2.69. The Kier molecular flexibility index (Phi) is 5.30. The Morgan fingerprint density at radius 2 is 2.00 bits per heavy atom. The quantitative estimate of drug-likeness (QED) is 0.852. The molecular weight excluding hydrogens is 324 g/mol. The van der Waals surface area contributed by atoms with Crippen molar-refractivity contribution in [2.45, 2.75) is 52.7 Å².